The lowest BCUT2D eigenvalue weighted by Gasteiger charge is -2.15. The summed E-state index contributed by atoms with van der Waals surface area (Å²) in [4.78, 5) is 24.0. The van der Waals surface area contributed by atoms with Crippen molar-refractivity contribution >= 4 is 12.1 Å². The van der Waals surface area contributed by atoms with E-state index in [0.717, 1.165) is 23.3 Å². The second kappa shape index (κ2) is 7.91. The van der Waals surface area contributed by atoms with Gasteiger partial charge in [0.1, 0.15) is 12.4 Å². The molecule has 0 fully saturated rings. The smallest absolute Gasteiger partial charge is 0.407 e. The largest absolute Gasteiger partial charge is 0.489 e. The van der Waals surface area contributed by atoms with Crippen LogP contribution in [0.4, 0.5) is 4.79 Å². The average molecular weight is 355 g/mol. The van der Waals surface area contributed by atoms with Crippen molar-refractivity contribution in [3.05, 3.63) is 64.7 Å². The highest BCUT2D eigenvalue weighted by atomic mass is 16.5. The van der Waals surface area contributed by atoms with Crippen LogP contribution in [-0.2, 0) is 24.2 Å². The van der Waals surface area contributed by atoms with Gasteiger partial charge in [0, 0.05) is 13.1 Å². The quantitative estimate of drug-likeness (QED) is 0.853. The second-order valence-corrected chi connectivity index (χ2v) is 6.18. The zero-order valence-electron chi connectivity index (χ0n) is 14.6. The number of nitrogens with zero attached hydrogens (tertiary/aromatic N) is 1. The number of carboxylic acid groups (broad SMARTS) is 1. The van der Waals surface area contributed by atoms with Crippen molar-refractivity contribution in [3.63, 3.8) is 0 Å². The van der Waals surface area contributed by atoms with E-state index in [2.05, 4.69) is 4.74 Å². The van der Waals surface area contributed by atoms with Crippen molar-refractivity contribution in [2.75, 3.05) is 20.2 Å². The molecule has 1 N–H and O–H groups in total. The molecule has 1 aliphatic heterocycles. The standard InChI is InChI=1S/C20H21NO5/c1-25-19(22)16-4-2-14(3-5-16)13-26-18-7-6-15-8-10-21(20(23)24)11-9-17(15)12-18/h2-7,12H,8-11,13H2,1H3,(H,23,24). The molecule has 0 saturated carbocycles. The minimum Gasteiger partial charge on any atom is -0.489 e. The number of fused-ring (bicyclic) bond motifs is 1. The van der Waals surface area contributed by atoms with Crippen molar-refractivity contribution in [3.8, 4) is 5.75 Å². The number of ether oxygens (including phenoxy) is 2. The number of esters is 1. The summed E-state index contributed by atoms with van der Waals surface area (Å²) >= 11 is 0. The zero-order chi connectivity index (χ0) is 18.5. The molecule has 0 radical (unpaired) electrons. The van der Waals surface area contributed by atoms with Crippen LogP contribution in [-0.4, -0.2) is 42.3 Å². The first kappa shape index (κ1) is 17.8. The van der Waals surface area contributed by atoms with Crippen LogP contribution in [0.25, 0.3) is 0 Å². The van der Waals surface area contributed by atoms with Gasteiger partial charge in [-0.25, -0.2) is 9.59 Å². The Hall–Kier alpha value is -3.02. The first-order chi connectivity index (χ1) is 12.6. The third kappa shape index (κ3) is 4.14. The SMILES string of the molecule is COC(=O)c1ccc(COc2ccc3c(c2)CCN(C(=O)O)CC3)cc1. The number of hydrogen-bond donors (Lipinski definition) is 1. The molecule has 0 atom stereocenters. The summed E-state index contributed by atoms with van der Waals surface area (Å²) in [5.41, 5.74) is 3.75. The molecule has 1 heterocycles. The molecule has 26 heavy (non-hydrogen) atoms. The van der Waals surface area contributed by atoms with E-state index in [1.165, 1.54) is 17.6 Å². The van der Waals surface area contributed by atoms with Gasteiger partial charge in [-0.05, 0) is 53.8 Å². The molecular formula is C20H21NO5. The van der Waals surface area contributed by atoms with Crippen molar-refractivity contribution in [1.29, 1.82) is 0 Å². The first-order valence-corrected chi connectivity index (χ1v) is 8.46. The van der Waals surface area contributed by atoms with Gasteiger partial charge in [-0.15, -0.1) is 0 Å². The molecule has 0 spiro atoms. The summed E-state index contributed by atoms with van der Waals surface area (Å²) in [7, 11) is 1.35. The van der Waals surface area contributed by atoms with E-state index in [-0.39, 0.29) is 5.97 Å². The zero-order valence-corrected chi connectivity index (χ0v) is 14.6. The van der Waals surface area contributed by atoms with Crippen LogP contribution in [0.15, 0.2) is 42.5 Å². The second-order valence-electron chi connectivity index (χ2n) is 6.18. The van der Waals surface area contributed by atoms with Gasteiger partial charge in [0.15, 0.2) is 0 Å². The van der Waals surface area contributed by atoms with Gasteiger partial charge < -0.3 is 19.5 Å². The lowest BCUT2D eigenvalue weighted by Crippen LogP contribution is -2.31. The maximum absolute atomic E-state index is 11.4. The molecule has 2 aromatic carbocycles. The van der Waals surface area contributed by atoms with Gasteiger partial charge in [0.25, 0.3) is 0 Å². The molecular weight excluding hydrogens is 334 g/mol. The van der Waals surface area contributed by atoms with E-state index in [1.807, 2.05) is 30.3 Å². The maximum Gasteiger partial charge on any atom is 0.407 e. The molecule has 0 aliphatic carbocycles. The minimum absolute atomic E-state index is 0.362. The molecule has 1 amide bonds. The Morgan fingerprint density at radius 1 is 1.04 bits per heavy atom. The molecule has 0 saturated heterocycles. The number of carbonyl (C=O) groups excluding carboxylic acids is 1. The Morgan fingerprint density at radius 2 is 1.73 bits per heavy atom. The molecule has 0 bridgehead atoms. The number of amides is 1. The van der Waals surface area contributed by atoms with E-state index >= 15 is 0 Å². The number of hydrogen-bond acceptors (Lipinski definition) is 4. The summed E-state index contributed by atoms with van der Waals surface area (Å²) in [6, 6.07) is 13.0. The molecule has 1 aliphatic rings. The molecule has 3 rings (SSSR count). The fourth-order valence-electron chi connectivity index (χ4n) is 3.00. The van der Waals surface area contributed by atoms with Crippen molar-refractivity contribution in [1.82, 2.24) is 4.90 Å². The van der Waals surface area contributed by atoms with Crippen LogP contribution in [0.5, 0.6) is 5.75 Å². The van der Waals surface area contributed by atoms with E-state index in [0.29, 0.717) is 31.7 Å². The van der Waals surface area contributed by atoms with Crippen LogP contribution >= 0.6 is 0 Å². The van der Waals surface area contributed by atoms with Crippen LogP contribution in [0.1, 0.15) is 27.0 Å². The number of benzene rings is 2. The molecule has 136 valence electrons. The fourth-order valence-corrected chi connectivity index (χ4v) is 3.00. The van der Waals surface area contributed by atoms with E-state index in [4.69, 9.17) is 9.84 Å². The lowest BCUT2D eigenvalue weighted by atomic mass is 10.0. The summed E-state index contributed by atoms with van der Waals surface area (Å²) < 4.78 is 10.5. The van der Waals surface area contributed by atoms with Crippen LogP contribution in [0.2, 0.25) is 0 Å². The third-order valence-electron chi connectivity index (χ3n) is 4.53. The molecule has 0 aromatic heterocycles. The van der Waals surface area contributed by atoms with Crippen molar-refractivity contribution < 1.29 is 24.2 Å². The Balaban J connectivity index is 1.63. The van der Waals surface area contributed by atoms with E-state index in [9.17, 15) is 9.59 Å². The minimum atomic E-state index is -0.871. The lowest BCUT2D eigenvalue weighted by molar-refractivity contribution is 0.0600. The van der Waals surface area contributed by atoms with E-state index in [1.54, 1.807) is 12.1 Å². The summed E-state index contributed by atoms with van der Waals surface area (Å²) in [6.45, 7) is 1.41. The van der Waals surface area contributed by atoms with Gasteiger partial charge in [-0.1, -0.05) is 18.2 Å². The summed E-state index contributed by atoms with van der Waals surface area (Å²) in [5.74, 6) is 0.392. The predicted molar refractivity (Wildman–Crippen MR) is 95.6 cm³/mol. The van der Waals surface area contributed by atoms with Crippen LogP contribution in [0.3, 0.4) is 0 Å². The van der Waals surface area contributed by atoms with Gasteiger partial charge >= 0.3 is 12.1 Å². The van der Waals surface area contributed by atoms with Gasteiger partial charge in [0.2, 0.25) is 0 Å². The number of rotatable bonds is 4. The molecule has 0 unspecified atom stereocenters. The molecule has 2 aromatic rings. The fraction of sp³-hybridized carbons (Fsp3) is 0.300. The topological polar surface area (TPSA) is 76.1 Å². The normalized spacial score (nSPS) is 13.5. The maximum atomic E-state index is 11.4. The van der Waals surface area contributed by atoms with Crippen LogP contribution in [0, 0.1) is 0 Å². The molecule has 6 nitrogen and oxygen atoms in total. The van der Waals surface area contributed by atoms with E-state index < -0.39 is 6.09 Å². The monoisotopic (exact) mass is 355 g/mol. The predicted octanol–water partition coefficient (Wildman–Crippen LogP) is 3.13. The van der Waals surface area contributed by atoms with Gasteiger partial charge in [-0.2, -0.15) is 0 Å². The van der Waals surface area contributed by atoms with Crippen molar-refractivity contribution in [2.24, 2.45) is 0 Å². The molecule has 6 heteroatoms. The van der Waals surface area contributed by atoms with Gasteiger partial charge in [-0.3, -0.25) is 0 Å². The Labute approximate surface area is 152 Å². The summed E-state index contributed by atoms with van der Waals surface area (Å²) in [6.07, 6.45) is 0.536. The Kier molecular flexibility index (Phi) is 5.41. The average Bonchev–Trinajstić information content (AvgIpc) is 2.88. The number of methoxy groups -OCH3 is 1. The first-order valence-electron chi connectivity index (χ1n) is 8.46. The summed E-state index contributed by atoms with van der Waals surface area (Å²) in [5, 5.41) is 9.15. The number of carbonyl (C=O) groups is 2. The highest BCUT2D eigenvalue weighted by Crippen LogP contribution is 2.23. The Bertz CT molecular complexity index is 800. The van der Waals surface area contributed by atoms with Gasteiger partial charge in [0.05, 0.1) is 12.7 Å². The third-order valence-corrected chi connectivity index (χ3v) is 4.53. The highest BCUT2D eigenvalue weighted by molar-refractivity contribution is 5.89. The Morgan fingerprint density at radius 3 is 2.38 bits per heavy atom. The van der Waals surface area contributed by atoms with Crippen molar-refractivity contribution in [2.45, 2.75) is 19.4 Å². The highest BCUT2D eigenvalue weighted by Gasteiger charge is 2.17. The van der Waals surface area contributed by atoms with Crippen LogP contribution < -0.4 is 4.74 Å².